The molecule has 0 saturated carbocycles. The molecule has 0 aliphatic rings. The predicted molar refractivity (Wildman–Crippen MR) is 85.2 cm³/mol. The SMILES string of the molecule is NC(=S)c1ccnc(Nc2cnc3ccccc3c2)c1. The highest BCUT2D eigenvalue weighted by Crippen LogP contribution is 2.19. The molecule has 0 aliphatic heterocycles. The highest BCUT2D eigenvalue weighted by Gasteiger charge is 2.02. The van der Waals surface area contributed by atoms with Crippen LogP contribution in [-0.2, 0) is 0 Å². The first-order valence-corrected chi connectivity index (χ1v) is 6.51. The lowest BCUT2D eigenvalue weighted by Gasteiger charge is -2.07. The Kier molecular flexibility index (Phi) is 3.26. The predicted octanol–water partition coefficient (Wildman–Crippen LogP) is 3.01. The maximum Gasteiger partial charge on any atom is 0.131 e. The fraction of sp³-hybridized carbons (Fsp3) is 0. The lowest BCUT2D eigenvalue weighted by molar-refractivity contribution is 1.29. The number of aromatic nitrogens is 2. The minimum Gasteiger partial charge on any atom is -0.389 e. The molecule has 20 heavy (non-hydrogen) atoms. The molecule has 0 atom stereocenters. The smallest absolute Gasteiger partial charge is 0.131 e. The van der Waals surface area contributed by atoms with E-state index in [1.54, 1.807) is 18.5 Å². The zero-order valence-corrected chi connectivity index (χ0v) is 11.4. The number of hydrogen-bond acceptors (Lipinski definition) is 4. The van der Waals surface area contributed by atoms with Crippen LogP contribution in [0.1, 0.15) is 5.56 Å². The monoisotopic (exact) mass is 280 g/mol. The average molecular weight is 280 g/mol. The molecule has 4 nitrogen and oxygen atoms in total. The van der Waals surface area contributed by atoms with Gasteiger partial charge in [0.25, 0.3) is 0 Å². The van der Waals surface area contributed by atoms with Gasteiger partial charge in [0.05, 0.1) is 17.4 Å². The lowest BCUT2D eigenvalue weighted by Crippen LogP contribution is -2.09. The van der Waals surface area contributed by atoms with Crippen LogP contribution in [0.25, 0.3) is 10.9 Å². The van der Waals surface area contributed by atoms with Gasteiger partial charge in [0.2, 0.25) is 0 Å². The molecule has 3 N–H and O–H groups in total. The molecule has 0 saturated heterocycles. The van der Waals surface area contributed by atoms with Crippen molar-refractivity contribution < 1.29 is 0 Å². The summed E-state index contributed by atoms with van der Waals surface area (Å²) in [7, 11) is 0. The van der Waals surface area contributed by atoms with Crippen LogP contribution in [0.3, 0.4) is 0 Å². The molecule has 0 amide bonds. The van der Waals surface area contributed by atoms with E-state index >= 15 is 0 Å². The second-order valence-corrected chi connectivity index (χ2v) is 4.78. The summed E-state index contributed by atoms with van der Waals surface area (Å²) in [5.41, 5.74) is 8.23. The molecule has 3 aromatic rings. The van der Waals surface area contributed by atoms with E-state index in [2.05, 4.69) is 15.3 Å². The summed E-state index contributed by atoms with van der Waals surface area (Å²) < 4.78 is 0. The third-order valence-corrected chi connectivity index (χ3v) is 3.14. The number of pyridine rings is 2. The normalized spacial score (nSPS) is 10.4. The molecule has 0 radical (unpaired) electrons. The van der Waals surface area contributed by atoms with E-state index in [0.29, 0.717) is 10.8 Å². The Balaban J connectivity index is 1.92. The number of para-hydroxylation sites is 1. The molecule has 98 valence electrons. The number of anilines is 2. The Labute approximate surface area is 121 Å². The molecule has 0 aliphatic carbocycles. The van der Waals surface area contributed by atoms with Gasteiger partial charge < -0.3 is 11.1 Å². The van der Waals surface area contributed by atoms with E-state index in [9.17, 15) is 0 Å². The molecular formula is C15H12N4S. The number of benzene rings is 1. The van der Waals surface area contributed by atoms with Gasteiger partial charge in [-0.2, -0.15) is 0 Å². The number of nitrogens with two attached hydrogens (primary N) is 1. The fourth-order valence-electron chi connectivity index (χ4n) is 1.94. The summed E-state index contributed by atoms with van der Waals surface area (Å²) in [4.78, 5) is 8.99. The standard InChI is InChI=1S/C15H12N4S/c16-15(20)11-5-6-17-14(8-11)19-12-7-10-3-1-2-4-13(10)18-9-12/h1-9H,(H2,16,20)(H,17,19). The Morgan fingerprint density at radius 3 is 2.80 bits per heavy atom. The number of fused-ring (bicyclic) bond motifs is 1. The largest absolute Gasteiger partial charge is 0.389 e. The van der Waals surface area contributed by atoms with Crippen LogP contribution >= 0.6 is 12.2 Å². The van der Waals surface area contributed by atoms with E-state index < -0.39 is 0 Å². The van der Waals surface area contributed by atoms with E-state index in [1.807, 2.05) is 36.4 Å². The molecule has 0 unspecified atom stereocenters. The zero-order valence-electron chi connectivity index (χ0n) is 10.6. The summed E-state index contributed by atoms with van der Waals surface area (Å²) >= 11 is 4.96. The second kappa shape index (κ2) is 5.22. The highest BCUT2D eigenvalue weighted by molar-refractivity contribution is 7.80. The van der Waals surface area contributed by atoms with Crippen molar-refractivity contribution in [1.82, 2.24) is 9.97 Å². The summed E-state index contributed by atoms with van der Waals surface area (Å²) in [6.07, 6.45) is 3.45. The minimum absolute atomic E-state index is 0.354. The van der Waals surface area contributed by atoms with Crippen LogP contribution in [0.4, 0.5) is 11.5 Å². The second-order valence-electron chi connectivity index (χ2n) is 4.34. The van der Waals surface area contributed by atoms with Crippen molar-refractivity contribution in [3.63, 3.8) is 0 Å². The van der Waals surface area contributed by atoms with Gasteiger partial charge in [-0.05, 0) is 24.3 Å². The molecule has 0 fully saturated rings. The van der Waals surface area contributed by atoms with E-state index in [-0.39, 0.29) is 0 Å². The molecule has 0 bridgehead atoms. The van der Waals surface area contributed by atoms with Gasteiger partial charge in [-0.3, -0.25) is 4.98 Å². The van der Waals surface area contributed by atoms with Gasteiger partial charge >= 0.3 is 0 Å². The maximum atomic E-state index is 5.61. The lowest BCUT2D eigenvalue weighted by atomic mass is 10.2. The Morgan fingerprint density at radius 1 is 1.10 bits per heavy atom. The van der Waals surface area contributed by atoms with Gasteiger partial charge in [-0.1, -0.05) is 30.4 Å². The molecule has 3 rings (SSSR count). The molecule has 2 heterocycles. The number of rotatable bonds is 3. The Morgan fingerprint density at radius 2 is 1.95 bits per heavy atom. The van der Waals surface area contributed by atoms with Crippen molar-refractivity contribution in [2.45, 2.75) is 0 Å². The van der Waals surface area contributed by atoms with Crippen LogP contribution in [-0.4, -0.2) is 15.0 Å². The van der Waals surface area contributed by atoms with Crippen molar-refractivity contribution >= 4 is 39.6 Å². The Bertz CT molecular complexity index is 785. The van der Waals surface area contributed by atoms with Gasteiger partial charge in [0, 0.05) is 17.1 Å². The molecular weight excluding hydrogens is 268 g/mol. The van der Waals surface area contributed by atoms with E-state index in [4.69, 9.17) is 18.0 Å². The van der Waals surface area contributed by atoms with Crippen LogP contribution < -0.4 is 11.1 Å². The van der Waals surface area contributed by atoms with Crippen molar-refractivity contribution in [1.29, 1.82) is 0 Å². The van der Waals surface area contributed by atoms with Crippen molar-refractivity contribution in [2.75, 3.05) is 5.32 Å². The zero-order chi connectivity index (χ0) is 13.9. The number of hydrogen-bond donors (Lipinski definition) is 2. The molecule has 2 aromatic heterocycles. The van der Waals surface area contributed by atoms with Crippen molar-refractivity contribution in [2.24, 2.45) is 5.73 Å². The number of nitrogens with one attached hydrogen (secondary N) is 1. The topological polar surface area (TPSA) is 63.8 Å². The van der Waals surface area contributed by atoms with Crippen molar-refractivity contribution in [3.05, 3.63) is 60.4 Å². The third kappa shape index (κ3) is 2.57. The summed E-state index contributed by atoms with van der Waals surface area (Å²) in [6, 6.07) is 13.6. The summed E-state index contributed by atoms with van der Waals surface area (Å²) in [6.45, 7) is 0. The van der Waals surface area contributed by atoms with E-state index in [0.717, 1.165) is 22.2 Å². The molecule has 1 aromatic carbocycles. The first-order valence-electron chi connectivity index (χ1n) is 6.10. The van der Waals surface area contributed by atoms with Crippen LogP contribution in [0.2, 0.25) is 0 Å². The van der Waals surface area contributed by atoms with Crippen LogP contribution in [0.5, 0.6) is 0 Å². The highest BCUT2D eigenvalue weighted by atomic mass is 32.1. The number of nitrogens with zero attached hydrogens (tertiary/aromatic N) is 2. The minimum atomic E-state index is 0.354. The first kappa shape index (κ1) is 12.5. The van der Waals surface area contributed by atoms with Gasteiger partial charge in [0.1, 0.15) is 10.8 Å². The van der Waals surface area contributed by atoms with E-state index in [1.165, 1.54) is 0 Å². The quantitative estimate of drug-likeness (QED) is 0.722. The Hall–Kier alpha value is -2.53. The molecule has 0 spiro atoms. The van der Waals surface area contributed by atoms with Gasteiger partial charge in [0.15, 0.2) is 0 Å². The van der Waals surface area contributed by atoms with Gasteiger partial charge in [-0.15, -0.1) is 0 Å². The summed E-state index contributed by atoms with van der Waals surface area (Å²) in [5, 5.41) is 4.27. The third-order valence-electron chi connectivity index (χ3n) is 2.91. The van der Waals surface area contributed by atoms with Crippen LogP contribution in [0.15, 0.2) is 54.9 Å². The summed E-state index contributed by atoms with van der Waals surface area (Å²) in [5.74, 6) is 0.687. The first-order chi connectivity index (χ1) is 9.72. The molecule has 5 heteroatoms. The van der Waals surface area contributed by atoms with Crippen molar-refractivity contribution in [3.8, 4) is 0 Å². The fourth-order valence-corrected chi connectivity index (χ4v) is 2.07. The maximum absolute atomic E-state index is 5.61. The van der Waals surface area contributed by atoms with Crippen LogP contribution in [0, 0.1) is 0 Å². The number of thiocarbonyl (C=S) groups is 1. The average Bonchev–Trinajstić information content (AvgIpc) is 2.47. The van der Waals surface area contributed by atoms with Gasteiger partial charge in [-0.25, -0.2) is 4.98 Å².